The first-order chi connectivity index (χ1) is 21.1. The maximum absolute atomic E-state index is 5.77. The Bertz CT molecular complexity index is 2340. The third-order valence-electron chi connectivity index (χ3n) is 9.18. The van der Waals surface area contributed by atoms with E-state index in [2.05, 4.69) is 144 Å². The molecule has 0 spiro atoms. The van der Waals surface area contributed by atoms with Crippen molar-refractivity contribution < 1.29 is 4.42 Å². The average Bonchev–Trinajstić information content (AvgIpc) is 3.83. The number of para-hydroxylation sites is 1. The number of aromatic nitrogens is 1. The van der Waals surface area contributed by atoms with E-state index in [0.717, 1.165) is 22.3 Å². The van der Waals surface area contributed by atoms with E-state index in [9.17, 15) is 0 Å². The summed E-state index contributed by atoms with van der Waals surface area (Å²) >= 11 is 1.77. The molecule has 0 fully saturated rings. The lowest BCUT2D eigenvalue weighted by Crippen LogP contribution is -2.16. The van der Waals surface area contributed by atoms with Crippen molar-refractivity contribution in [2.75, 3.05) is 4.90 Å². The molecule has 0 saturated carbocycles. The number of nitrogens with zero attached hydrogens (tertiary/aromatic N) is 2. The van der Waals surface area contributed by atoms with Crippen LogP contribution in [0, 0.1) is 0 Å². The van der Waals surface area contributed by atoms with Crippen LogP contribution in [0.1, 0.15) is 25.0 Å². The van der Waals surface area contributed by atoms with Crippen molar-refractivity contribution in [2.45, 2.75) is 19.3 Å². The zero-order chi connectivity index (χ0) is 28.7. The molecule has 3 nitrogen and oxygen atoms in total. The van der Waals surface area contributed by atoms with Crippen molar-refractivity contribution in [1.29, 1.82) is 0 Å². The SMILES string of the molecule is CC1(C)c2ccccc2-c2ccc(N(c3ccc4c(c3)c3ccccc3n4-c3cccc4occc34)c3cccs3)cc21. The van der Waals surface area contributed by atoms with Crippen LogP contribution in [0.2, 0.25) is 0 Å². The second-order valence-corrected chi connectivity index (χ2v) is 12.8. The highest BCUT2D eigenvalue weighted by atomic mass is 32.1. The van der Waals surface area contributed by atoms with Crippen LogP contribution in [0.3, 0.4) is 0 Å². The highest BCUT2D eigenvalue weighted by molar-refractivity contribution is 7.14. The van der Waals surface area contributed by atoms with Gasteiger partial charge in [-0.2, -0.15) is 0 Å². The predicted molar refractivity (Wildman–Crippen MR) is 181 cm³/mol. The normalized spacial score (nSPS) is 13.5. The molecule has 0 unspecified atom stereocenters. The highest BCUT2D eigenvalue weighted by Gasteiger charge is 2.35. The third-order valence-corrected chi connectivity index (χ3v) is 10.0. The van der Waals surface area contributed by atoms with Crippen molar-refractivity contribution in [3.63, 3.8) is 0 Å². The molecule has 0 bridgehead atoms. The molecule has 0 N–H and O–H groups in total. The number of furan rings is 1. The van der Waals surface area contributed by atoms with Crippen molar-refractivity contribution in [1.82, 2.24) is 4.57 Å². The minimum Gasteiger partial charge on any atom is -0.464 e. The van der Waals surface area contributed by atoms with E-state index in [0.29, 0.717) is 0 Å². The number of thiophene rings is 1. The third kappa shape index (κ3) is 3.47. The van der Waals surface area contributed by atoms with E-state index in [1.165, 1.54) is 54.7 Å². The van der Waals surface area contributed by atoms with Gasteiger partial charge in [-0.25, -0.2) is 0 Å². The van der Waals surface area contributed by atoms with E-state index in [4.69, 9.17) is 4.42 Å². The van der Waals surface area contributed by atoms with Gasteiger partial charge in [0, 0.05) is 32.9 Å². The summed E-state index contributed by atoms with van der Waals surface area (Å²) in [7, 11) is 0. The summed E-state index contributed by atoms with van der Waals surface area (Å²) in [6, 6.07) is 44.1. The molecule has 0 amide bonds. The number of hydrogen-bond acceptors (Lipinski definition) is 3. The fraction of sp³-hybridized carbons (Fsp3) is 0.0769. The quantitative estimate of drug-likeness (QED) is 0.209. The van der Waals surface area contributed by atoms with Gasteiger partial charge in [-0.3, -0.25) is 0 Å². The van der Waals surface area contributed by atoms with Gasteiger partial charge < -0.3 is 13.9 Å². The van der Waals surface area contributed by atoms with Crippen LogP contribution in [0.4, 0.5) is 16.4 Å². The standard InChI is InChI=1S/C39H28N2OS/c1-39(2)32-11-5-3-9-27(32)28-18-16-26(24-33(28)39)40(38-15-8-22-43-38)25-17-19-36-31(23-25)29-10-4-6-12-34(29)41(36)35-13-7-14-37-30(35)20-21-42-37/h3-24H,1-2H3. The molecule has 5 aromatic carbocycles. The van der Waals surface area contributed by atoms with Gasteiger partial charge >= 0.3 is 0 Å². The van der Waals surface area contributed by atoms with Gasteiger partial charge in [0.1, 0.15) is 5.58 Å². The fourth-order valence-corrected chi connectivity index (χ4v) is 7.93. The fourth-order valence-electron chi connectivity index (χ4n) is 7.16. The molecule has 4 heteroatoms. The van der Waals surface area contributed by atoms with Crippen LogP contribution in [0.25, 0.3) is 49.6 Å². The van der Waals surface area contributed by atoms with Gasteiger partial charge in [-0.05, 0) is 94.4 Å². The molecule has 1 aliphatic carbocycles. The van der Waals surface area contributed by atoms with Crippen LogP contribution in [-0.4, -0.2) is 4.57 Å². The Morgan fingerprint density at radius 2 is 1.42 bits per heavy atom. The van der Waals surface area contributed by atoms with E-state index in [1.54, 1.807) is 17.6 Å². The first-order valence-corrected chi connectivity index (χ1v) is 15.6. The van der Waals surface area contributed by atoms with Gasteiger partial charge in [-0.1, -0.05) is 68.4 Å². The lowest BCUT2D eigenvalue weighted by atomic mass is 9.82. The number of rotatable bonds is 4. The van der Waals surface area contributed by atoms with Crippen LogP contribution in [-0.2, 0) is 5.41 Å². The Kier molecular flexibility index (Phi) is 5.12. The largest absolute Gasteiger partial charge is 0.464 e. The summed E-state index contributed by atoms with van der Waals surface area (Å²) in [4.78, 5) is 2.41. The molecule has 3 aromatic heterocycles. The van der Waals surface area contributed by atoms with Crippen molar-refractivity contribution in [2.24, 2.45) is 0 Å². The molecule has 8 aromatic rings. The lowest BCUT2D eigenvalue weighted by molar-refractivity contribution is 0.616. The molecule has 0 saturated heterocycles. The van der Waals surface area contributed by atoms with Gasteiger partial charge in [0.2, 0.25) is 0 Å². The van der Waals surface area contributed by atoms with Crippen molar-refractivity contribution in [3.8, 4) is 16.8 Å². The molecule has 1 aliphatic rings. The van der Waals surface area contributed by atoms with Gasteiger partial charge in [0.25, 0.3) is 0 Å². The predicted octanol–water partition coefficient (Wildman–Crippen LogP) is 11.4. The van der Waals surface area contributed by atoms with Gasteiger partial charge in [0.05, 0.1) is 28.0 Å². The summed E-state index contributed by atoms with van der Waals surface area (Å²) < 4.78 is 8.14. The Hall–Kier alpha value is -5.06. The van der Waals surface area contributed by atoms with Crippen LogP contribution >= 0.6 is 11.3 Å². The number of hydrogen-bond donors (Lipinski definition) is 0. The maximum atomic E-state index is 5.77. The summed E-state index contributed by atoms with van der Waals surface area (Å²) in [6.45, 7) is 4.69. The first-order valence-electron chi connectivity index (χ1n) is 14.7. The zero-order valence-corrected chi connectivity index (χ0v) is 24.7. The van der Waals surface area contributed by atoms with E-state index >= 15 is 0 Å². The second-order valence-electron chi connectivity index (χ2n) is 11.9. The molecule has 0 aliphatic heterocycles. The zero-order valence-electron chi connectivity index (χ0n) is 23.9. The topological polar surface area (TPSA) is 21.3 Å². The Balaban J connectivity index is 1.26. The molecular formula is C39H28N2OS. The summed E-state index contributed by atoms with van der Waals surface area (Å²) in [6.07, 6.45) is 1.77. The van der Waals surface area contributed by atoms with E-state index in [-0.39, 0.29) is 5.41 Å². The summed E-state index contributed by atoms with van der Waals surface area (Å²) in [5.41, 5.74) is 12.1. The molecule has 43 heavy (non-hydrogen) atoms. The minimum atomic E-state index is -0.0610. The second kappa shape index (κ2) is 8.97. The Labute approximate surface area is 253 Å². The number of benzene rings is 5. The van der Waals surface area contributed by atoms with Crippen LogP contribution < -0.4 is 4.90 Å². The Morgan fingerprint density at radius 1 is 0.628 bits per heavy atom. The summed E-state index contributed by atoms with van der Waals surface area (Å²) in [5, 5.41) is 6.92. The average molecular weight is 573 g/mol. The molecule has 0 atom stereocenters. The lowest BCUT2D eigenvalue weighted by Gasteiger charge is -2.27. The van der Waals surface area contributed by atoms with Crippen molar-refractivity contribution >= 4 is 60.5 Å². The summed E-state index contributed by atoms with van der Waals surface area (Å²) in [5.74, 6) is 0. The number of anilines is 3. The smallest absolute Gasteiger partial charge is 0.135 e. The molecule has 206 valence electrons. The Morgan fingerprint density at radius 3 is 2.33 bits per heavy atom. The van der Waals surface area contributed by atoms with Gasteiger partial charge in [0.15, 0.2) is 0 Å². The van der Waals surface area contributed by atoms with E-state index < -0.39 is 0 Å². The van der Waals surface area contributed by atoms with E-state index in [1.807, 2.05) is 6.07 Å². The molecule has 9 rings (SSSR count). The number of fused-ring (bicyclic) bond motifs is 7. The monoisotopic (exact) mass is 572 g/mol. The minimum absolute atomic E-state index is 0.0610. The van der Waals surface area contributed by atoms with Crippen LogP contribution in [0.5, 0.6) is 0 Å². The molecule has 0 radical (unpaired) electrons. The molecular weight excluding hydrogens is 545 g/mol. The molecule has 3 heterocycles. The van der Waals surface area contributed by atoms with Gasteiger partial charge in [-0.15, -0.1) is 11.3 Å². The first kappa shape index (κ1) is 24.5. The highest BCUT2D eigenvalue weighted by Crippen LogP contribution is 2.51. The van der Waals surface area contributed by atoms with Crippen LogP contribution in [0.15, 0.2) is 137 Å². The van der Waals surface area contributed by atoms with Crippen molar-refractivity contribution in [3.05, 3.63) is 144 Å². The maximum Gasteiger partial charge on any atom is 0.135 e.